The van der Waals surface area contributed by atoms with E-state index in [-0.39, 0.29) is 24.8 Å². The molecule has 1 amide bonds. The Morgan fingerprint density at radius 1 is 1.47 bits per heavy atom. The Kier molecular flexibility index (Phi) is 6.70. The monoisotopic (exact) mass is 216 g/mol. The highest BCUT2D eigenvalue weighted by molar-refractivity contribution is 5.79. The second-order valence-electron chi connectivity index (χ2n) is 3.54. The molecule has 0 saturated carbocycles. The lowest BCUT2D eigenvalue weighted by Gasteiger charge is -2.23. The average molecular weight is 216 g/mol. The van der Waals surface area contributed by atoms with Gasteiger partial charge in [0.05, 0.1) is 6.42 Å². The molecule has 0 rings (SSSR count). The lowest BCUT2D eigenvalue weighted by atomic mass is 10.1. The van der Waals surface area contributed by atoms with E-state index in [0.29, 0.717) is 19.5 Å². The minimum Gasteiger partial charge on any atom is -0.481 e. The fourth-order valence-corrected chi connectivity index (χ4v) is 1.34. The van der Waals surface area contributed by atoms with Crippen molar-refractivity contribution in [2.45, 2.75) is 26.7 Å². The summed E-state index contributed by atoms with van der Waals surface area (Å²) in [6.07, 6.45) is 0.636. The van der Waals surface area contributed by atoms with Crippen molar-refractivity contribution in [3.63, 3.8) is 0 Å². The molecule has 0 aliphatic heterocycles. The van der Waals surface area contributed by atoms with Gasteiger partial charge in [0.25, 0.3) is 0 Å². The third-order valence-corrected chi connectivity index (χ3v) is 2.31. The maximum Gasteiger partial charge on any atom is 0.305 e. The number of aliphatic carboxylic acids is 1. The Bertz CT molecular complexity index is 219. The molecule has 0 bridgehead atoms. The molecular weight excluding hydrogens is 196 g/mol. The minimum atomic E-state index is -0.882. The van der Waals surface area contributed by atoms with Crippen LogP contribution in [0.3, 0.4) is 0 Å². The average Bonchev–Trinajstić information content (AvgIpc) is 2.18. The van der Waals surface area contributed by atoms with Crippen LogP contribution in [0.2, 0.25) is 0 Å². The maximum absolute atomic E-state index is 11.8. The predicted molar refractivity (Wildman–Crippen MR) is 57.3 cm³/mol. The van der Waals surface area contributed by atoms with Gasteiger partial charge in [-0.2, -0.15) is 0 Å². The number of rotatable bonds is 7. The topological polar surface area (TPSA) is 83.6 Å². The molecule has 0 heterocycles. The van der Waals surface area contributed by atoms with Crippen molar-refractivity contribution in [3.05, 3.63) is 0 Å². The van der Waals surface area contributed by atoms with Gasteiger partial charge in [0, 0.05) is 19.0 Å². The molecule has 0 radical (unpaired) electrons. The van der Waals surface area contributed by atoms with Gasteiger partial charge in [-0.05, 0) is 19.9 Å². The highest BCUT2D eigenvalue weighted by Crippen LogP contribution is 2.06. The van der Waals surface area contributed by atoms with E-state index >= 15 is 0 Å². The quantitative estimate of drug-likeness (QED) is 0.641. The van der Waals surface area contributed by atoms with Gasteiger partial charge < -0.3 is 15.7 Å². The first-order valence-corrected chi connectivity index (χ1v) is 5.23. The van der Waals surface area contributed by atoms with Crippen LogP contribution < -0.4 is 5.73 Å². The van der Waals surface area contributed by atoms with E-state index in [9.17, 15) is 9.59 Å². The second-order valence-corrected chi connectivity index (χ2v) is 3.54. The first kappa shape index (κ1) is 13.9. The summed E-state index contributed by atoms with van der Waals surface area (Å²) in [4.78, 5) is 23.7. The molecule has 0 aromatic rings. The number of hydrogen-bond donors (Lipinski definition) is 2. The summed E-state index contributed by atoms with van der Waals surface area (Å²) in [5.74, 6) is -1.01. The standard InChI is InChI=1S/C10H20N2O3/c1-3-12(7-5-9(13)14)10(15)8(2)4-6-11/h8H,3-7,11H2,1-2H3,(H,13,14). The minimum absolute atomic E-state index is 0.00503. The van der Waals surface area contributed by atoms with Crippen molar-refractivity contribution in [3.8, 4) is 0 Å². The highest BCUT2D eigenvalue weighted by atomic mass is 16.4. The summed E-state index contributed by atoms with van der Waals surface area (Å²) in [7, 11) is 0. The van der Waals surface area contributed by atoms with Crippen LogP contribution in [0.25, 0.3) is 0 Å². The summed E-state index contributed by atoms with van der Waals surface area (Å²) in [5.41, 5.74) is 5.37. The van der Waals surface area contributed by atoms with Gasteiger partial charge in [-0.25, -0.2) is 0 Å². The summed E-state index contributed by atoms with van der Waals surface area (Å²) >= 11 is 0. The number of carbonyl (C=O) groups excluding carboxylic acids is 1. The number of carbonyl (C=O) groups is 2. The number of nitrogens with zero attached hydrogens (tertiary/aromatic N) is 1. The van der Waals surface area contributed by atoms with Crippen molar-refractivity contribution >= 4 is 11.9 Å². The van der Waals surface area contributed by atoms with E-state index in [1.54, 1.807) is 4.90 Å². The van der Waals surface area contributed by atoms with Gasteiger partial charge in [-0.1, -0.05) is 6.92 Å². The van der Waals surface area contributed by atoms with Crippen LogP contribution in [0.15, 0.2) is 0 Å². The number of hydrogen-bond acceptors (Lipinski definition) is 3. The molecule has 0 spiro atoms. The molecule has 1 atom stereocenters. The zero-order valence-electron chi connectivity index (χ0n) is 9.40. The molecule has 0 fully saturated rings. The zero-order valence-corrected chi connectivity index (χ0v) is 9.40. The molecule has 0 saturated heterocycles. The maximum atomic E-state index is 11.8. The fraction of sp³-hybridized carbons (Fsp3) is 0.800. The Morgan fingerprint density at radius 3 is 2.47 bits per heavy atom. The lowest BCUT2D eigenvalue weighted by molar-refractivity contribution is -0.139. The molecule has 0 aromatic carbocycles. The van der Waals surface area contributed by atoms with E-state index < -0.39 is 5.97 Å². The SMILES string of the molecule is CCN(CCC(=O)O)C(=O)C(C)CCN. The van der Waals surface area contributed by atoms with Gasteiger partial charge in [0.1, 0.15) is 0 Å². The number of nitrogens with two attached hydrogens (primary N) is 1. The van der Waals surface area contributed by atoms with Gasteiger partial charge in [0.2, 0.25) is 5.91 Å². The molecule has 5 nitrogen and oxygen atoms in total. The van der Waals surface area contributed by atoms with Gasteiger partial charge in [-0.3, -0.25) is 9.59 Å². The Morgan fingerprint density at radius 2 is 2.07 bits per heavy atom. The molecule has 5 heteroatoms. The molecule has 88 valence electrons. The van der Waals surface area contributed by atoms with Crippen LogP contribution in [-0.2, 0) is 9.59 Å². The third kappa shape index (κ3) is 5.37. The van der Waals surface area contributed by atoms with Gasteiger partial charge in [0.15, 0.2) is 0 Å². The van der Waals surface area contributed by atoms with Crippen LogP contribution in [-0.4, -0.2) is 41.5 Å². The van der Waals surface area contributed by atoms with Crippen LogP contribution in [0, 0.1) is 5.92 Å². The molecule has 1 unspecified atom stereocenters. The Balaban J connectivity index is 4.14. The van der Waals surface area contributed by atoms with E-state index in [0.717, 1.165) is 0 Å². The van der Waals surface area contributed by atoms with Crippen molar-refractivity contribution in [1.29, 1.82) is 0 Å². The summed E-state index contributed by atoms with van der Waals surface area (Å²) < 4.78 is 0. The largest absolute Gasteiger partial charge is 0.481 e. The molecular formula is C10H20N2O3. The molecule has 0 aliphatic rings. The van der Waals surface area contributed by atoms with E-state index in [2.05, 4.69) is 0 Å². The Labute approximate surface area is 90.2 Å². The summed E-state index contributed by atoms with van der Waals surface area (Å²) in [6, 6.07) is 0. The molecule has 15 heavy (non-hydrogen) atoms. The second kappa shape index (κ2) is 7.23. The zero-order chi connectivity index (χ0) is 11.8. The normalized spacial score (nSPS) is 12.2. The van der Waals surface area contributed by atoms with Crippen molar-refractivity contribution in [2.75, 3.05) is 19.6 Å². The smallest absolute Gasteiger partial charge is 0.305 e. The van der Waals surface area contributed by atoms with E-state index in [1.165, 1.54) is 0 Å². The number of amides is 1. The fourth-order valence-electron chi connectivity index (χ4n) is 1.34. The first-order chi connectivity index (χ1) is 7.02. The molecule has 3 N–H and O–H groups in total. The van der Waals surface area contributed by atoms with Crippen molar-refractivity contribution in [2.24, 2.45) is 11.7 Å². The van der Waals surface area contributed by atoms with Crippen LogP contribution >= 0.6 is 0 Å². The highest BCUT2D eigenvalue weighted by Gasteiger charge is 2.18. The van der Waals surface area contributed by atoms with Crippen LogP contribution in [0.5, 0.6) is 0 Å². The predicted octanol–water partition coefficient (Wildman–Crippen LogP) is 0.295. The Hall–Kier alpha value is -1.10. The number of carboxylic acids is 1. The number of carboxylic acid groups (broad SMARTS) is 1. The van der Waals surface area contributed by atoms with Crippen molar-refractivity contribution in [1.82, 2.24) is 4.90 Å². The van der Waals surface area contributed by atoms with E-state index in [4.69, 9.17) is 10.8 Å². The van der Waals surface area contributed by atoms with E-state index in [1.807, 2.05) is 13.8 Å². The van der Waals surface area contributed by atoms with Gasteiger partial charge in [-0.15, -0.1) is 0 Å². The summed E-state index contributed by atoms with van der Waals surface area (Å²) in [6.45, 7) is 4.96. The third-order valence-electron chi connectivity index (χ3n) is 2.31. The van der Waals surface area contributed by atoms with Gasteiger partial charge >= 0.3 is 5.97 Å². The lowest BCUT2D eigenvalue weighted by Crippen LogP contribution is -2.37. The molecule has 0 aliphatic carbocycles. The molecule has 0 aromatic heterocycles. The van der Waals surface area contributed by atoms with Crippen LogP contribution in [0.4, 0.5) is 0 Å². The summed E-state index contributed by atoms with van der Waals surface area (Å²) in [5, 5.41) is 8.52. The first-order valence-electron chi connectivity index (χ1n) is 5.23. The van der Waals surface area contributed by atoms with Crippen LogP contribution in [0.1, 0.15) is 26.7 Å². The van der Waals surface area contributed by atoms with Crippen molar-refractivity contribution < 1.29 is 14.7 Å².